The maximum atomic E-state index is 14.8. The normalized spacial score (nSPS) is 26.3. The van der Waals surface area contributed by atoms with E-state index in [-0.39, 0.29) is 39.8 Å². The van der Waals surface area contributed by atoms with Gasteiger partial charge in [0.2, 0.25) is 17.8 Å². The number of nitrogens with one attached hydrogen (secondary N) is 2. The van der Waals surface area contributed by atoms with Gasteiger partial charge in [0.25, 0.3) is 0 Å². The van der Waals surface area contributed by atoms with E-state index in [0.717, 1.165) is 12.8 Å². The molecule has 2 aliphatic carbocycles. The molecule has 2 atom stereocenters. The van der Waals surface area contributed by atoms with Crippen molar-refractivity contribution in [2.75, 3.05) is 10.6 Å². The Balaban J connectivity index is 1.53. The molecule has 2 aliphatic rings. The number of halogens is 3. The number of imidazole rings is 1. The predicted molar refractivity (Wildman–Crippen MR) is 137 cm³/mol. The Morgan fingerprint density at radius 1 is 1.22 bits per heavy atom. The standard InChI is InChI=1S/C24H28Cl2FN7O2/c1-24(21(28)36)6-4-14(5-7-24)34-20-18(11-29-22(33-20)30-13-2-3-15(35)10-13)31-23(34)32-19-16(26)8-12(25)9-17(19)27/h8-9,11,13-15,35H,2-7,10H2,1H3,(H2,28,36)(H,31,32)(H,29,30,33)/t13-,14?,15-,24?/m1/s1. The van der Waals surface area contributed by atoms with Gasteiger partial charge in [-0.05, 0) is 57.1 Å². The number of aliphatic hydroxyl groups is 1. The van der Waals surface area contributed by atoms with Crippen molar-refractivity contribution in [3.8, 4) is 0 Å². The van der Waals surface area contributed by atoms with Crippen LogP contribution in [0.5, 0.6) is 0 Å². The Morgan fingerprint density at radius 2 is 1.97 bits per heavy atom. The summed E-state index contributed by atoms with van der Waals surface area (Å²) in [4.78, 5) is 25.8. The van der Waals surface area contributed by atoms with E-state index in [1.165, 1.54) is 12.1 Å². The molecular formula is C24H28Cl2FN7O2. The second-order valence-corrected chi connectivity index (χ2v) is 10.9. The van der Waals surface area contributed by atoms with Crippen LogP contribution in [0.15, 0.2) is 18.3 Å². The largest absolute Gasteiger partial charge is 0.393 e. The zero-order valence-electron chi connectivity index (χ0n) is 19.8. The average Bonchev–Trinajstić information content (AvgIpc) is 3.39. The number of hydrogen-bond donors (Lipinski definition) is 4. The van der Waals surface area contributed by atoms with E-state index in [2.05, 4.69) is 20.6 Å². The summed E-state index contributed by atoms with van der Waals surface area (Å²) in [6.45, 7) is 1.89. The molecule has 2 fully saturated rings. The number of fused-ring (bicyclic) bond motifs is 1. The SMILES string of the molecule is CC1(C(N)=O)CCC(n2c(Nc3c(F)cc(Cl)cc3Cl)nc3cnc(N[C@@H]4CC[C@@H](O)C4)nc32)CC1. The number of primary amides is 1. The molecule has 2 aromatic heterocycles. The lowest BCUT2D eigenvalue weighted by atomic mass is 9.73. The molecule has 3 aromatic rings. The highest BCUT2D eigenvalue weighted by Gasteiger charge is 2.38. The van der Waals surface area contributed by atoms with Gasteiger partial charge in [-0.3, -0.25) is 9.36 Å². The van der Waals surface area contributed by atoms with Crippen LogP contribution in [0.4, 0.5) is 22.0 Å². The van der Waals surface area contributed by atoms with Crippen molar-refractivity contribution in [2.45, 2.75) is 70.1 Å². The number of carbonyl (C=O) groups excluding carboxylic acids is 1. The van der Waals surface area contributed by atoms with E-state index in [0.29, 0.717) is 55.2 Å². The monoisotopic (exact) mass is 535 g/mol. The predicted octanol–water partition coefficient (Wildman–Crippen LogP) is 4.95. The molecule has 2 saturated carbocycles. The summed E-state index contributed by atoms with van der Waals surface area (Å²) >= 11 is 12.2. The molecular weight excluding hydrogens is 508 g/mol. The highest BCUT2D eigenvalue weighted by molar-refractivity contribution is 6.36. The van der Waals surface area contributed by atoms with Crippen molar-refractivity contribution in [1.82, 2.24) is 19.5 Å². The first-order valence-electron chi connectivity index (χ1n) is 12.0. The minimum atomic E-state index is -0.607. The molecule has 36 heavy (non-hydrogen) atoms. The molecule has 0 radical (unpaired) electrons. The fourth-order valence-corrected chi connectivity index (χ4v) is 5.70. The van der Waals surface area contributed by atoms with Crippen molar-refractivity contribution in [3.63, 3.8) is 0 Å². The molecule has 0 aliphatic heterocycles. The van der Waals surface area contributed by atoms with Gasteiger partial charge in [0.05, 0.1) is 23.0 Å². The second kappa shape index (κ2) is 9.64. The average molecular weight is 536 g/mol. The first kappa shape index (κ1) is 25.0. The van der Waals surface area contributed by atoms with Crippen LogP contribution in [0.1, 0.15) is 57.9 Å². The van der Waals surface area contributed by atoms with E-state index in [1.54, 1.807) is 6.20 Å². The van der Waals surface area contributed by atoms with E-state index in [9.17, 15) is 14.3 Å². The fourth-order valence-electron chi connectivity index (χ4n) is 5.18. The molecule has 1 aromatic carbocycles. The van der Waals surface area contributed by atoms with Crippen molar-refractivity contribution in [1.29, 1.82) is 0 Å². The minimum Gasteiger partial charge on any atom is -0.393 e. The summed E-state index contributed by atoms with van der Waals surface area (Å²) in [6.07, 6.45) is 6.04. The lowest BCUT2D eigenvalue weighted by Gasteiger charge is -2.35. The fraction of sp³-hybridized carbons (Fsp3) is 0.500. The smallest absolute Gasteiger partial charge is 0.224 e. The summed E-state index contributed by atoms with van der Waals surface area (Å²) in [5, 5.41) is 16.5. The van der Waals surface area contributed by atoms with Crippen molar-refractivity contribution in [3.05, 3.63) is 34.2 Å². The van der Waals surface area contributed by atoms with Crippen LogP contribution >= 0.6 is 23.2 Å². The van der Waals surface area contributed by atoms with Crippen LogP contribution in [0, 0.1) is 11.2 Å². The van der Waals surface area contributed by atoms with Crippen molar-refractivity contribution in [2.24, 2.45) is 11.1 Å². The quantitative estimate of drug-likeness (QED) is 0.351. The molecule has 192 valence electrons. The first-order chi connectivity index (χ1) is 17.1. The zero-order valence-corrected chi connectivity index (χ0v) is 21.3. The van der Waals surface area contributed by atoms with Crippen LogP contribution < -0.4 is 16.4 Å². The van der Waals surface area contributed by atoms with E-state index in [4.69, 9.17) is 33.9 Å². The summed E-state index contributed by atoms with van der Waals surface area (Å²) < 4.78 is 16.7. The van der Waals surface area contributed by atoms with E-state index in [1.807, 2.05) is 11.5 Å². The zero-order chi connectivity index (χ0) is 25.6. The lowest BCUT2D eigenvalue weighted by molar-refractivity contribution is -0.128. The second-order valence-electron chi connectivity index (χ2n) is 10.0. The number of aromatic nitrogens is 4. The lowest BCUT2D eigenvalue weighted by Crippen LogP contribution is -2.38. The highest BCUT2D eigenvalue weighted by Crippen LogP contribution is 2.43. The molecule has 2 heterocycles. The van der Waals surface area contributed by atoms with Gasteiger partial charge < -0.3 is 21.5 Å². The van der Waals surface area contributed by atoms with Crippen LogP contribution in [0.2, 0.25) is 10.0 Å². The molecule has 5 N–H and O–H groups in total. The van der Waals surface area contributed by atoms with Gasteiger partial charge in [-0.1, -0.05) is 30.1 Å². The molecule has 12 heteroatoms. The molecule has 0 bridgehead atoms. The minimum absolute atomic E-state index is 0.0571. The summed E-state index contributed by atoms with van der Waals surface area (Å²) in [7, 11) is 0. The third-order valence-electron chi connectivity index (χ3n) is 7.43. The summed E-state index contributed by atoms with van der Waals surface area (Å²) in [6, 6.07) is 2.66. The van der Waals surface area contributed by atoms with Gasteiger partial charge in [-0.15, -0.1) is 0 Å². The number of hydrogen-bond acceptors (Lipinski definition) is 7. The molecule has 0 saturated heterocycles. The van der Waals surface area contributed by atoms with Crippen LogP contribution in [0.3, 0.4) is 0 Å². The Kier molecular flexibility index (Phi) is 6.69. The molecule has 9 nitrogen and oxygen atoms in total. The maximum absolute atomic E-state index is 14.8. The Morgan fingerprint density at radius 3 is 2.61 bits per heavy atom. The molecule has 0 spiro atoms. The van der Waals surface area contributed by atoms with E-state index < -0.39 is 11.2 Å². The van der Waals surface area contributed by atoms with Crippen LogP contribution in [-0.4, -0.2) is 42.7 Å². The number of rotatable bonds is 6. The third kappa shape index (κ3) is 4.81. The number of benzene rings is 1. The van der Waals surface area contributed by atoms with Crippen molar-refractivity contribution >= 4 is 57.9 Å². The third-order valence-corrected chi connectivity index (χ3v) is 7.95. The van der Waals surface area contributed by atoms with Crippen LogP contribution in [-0.2, 0) is 4.79 Å². The number of aliphatic hydroxyl groups excluding tert-OH is 1. The number of nitrogens with two attached hydrogens (primary N) is 1. The van der Waals surface area contributed by atoms with Gasteiger partial charge in [-0.2, -0.15) is 4.98 Å². The first-order valence-corrected chi connectivity index (χ1v) is 12.8. The summed E-state index contributed by atoms with van der Waals surface area (Å²) in [5.74, 6) is -0.118. The maximum Gasteiger partial charge on any atom is 0.224 e. The van der Waals surface area contributed by atoms with Gasteiger partial charge in [-0.25, -0.2) is 14.4 Å². The summed E-state index contributed by atoms with van der Waals surface area (Å²) in [5.41, 5.74) is 6.25. The number of amides is 1. The van der Waals surface area contributed by atoms with Gasteiger partial charge in [0.15, 0.2) is 5.65 Å². The number of nitrogens with zero attached hydrogens (tertiary/aromatic N) is 4. The topological polar surface area (TPSA) is 131 Å². The Labute approximate surface area is 217 Å². The van der Waals surface area contributed by atoms with Crippen LogP contribution in [0.25, 0.3) is 11.2 Å². The van der Waals surface area contributed by atoms with Gasteiger partial charge in [0.1, 0.15) is 11.3 Å². The highest BCUT2D eigenvalue weighted by atomic mass is 35.5. The van der Waals surface area contributed by atoms with Gasteiger partial charge in [0, 0.05) is 22.5 Å². The Hall–Kier alpha value is -2.69. The molecule has 1 amide bonds. The number of anilines is 3. The molecule has 5 rings (SSSR count). The number of carbonyl (C=O) groups is 1. The Bertz CT molecular complexity index is 1290. The van der Waals surface area contributed by atoms with E-state index >= 15 is 0 Å². The molecule has 0 unspecified atom stereocenters. The van der Waals surface area contributed by atoms with Crippen molar-refractivity contribution < 1.29 is 14.3 Å². The van der Waals surface area contributed by atoms with Gasteiger partial charge >= 0.3 is 0 Å².